The fraction of sp³-hybridized carbons (Fsp3) is 0.688. The van der Waals surface area contributed by atoms with E-state index in [0.29, 0.717) is 18.8 Å². The van der Waals surface area contributed by atoms with E-state index in [0.717, 1.165) is 31.7 Å². The minimum Gasteiger partial charge on any atom is -0.381 e. The Morgan fingerprint density at radius 2 is 2.30 bits per heavy atom. The third kappa shape index (κ3) is 3.78. The van der Waals surface area contributed by atoms with E-state index < -0.39 is 0 Å². The van der Waals surface area contributed by atoms with Gasteiger partial charge in [-0.2, -0.15) is 0 Å². The molecule has 2 fully saturated rings. The predicted molar refractivity (Wildman–Crippen MR) is 77.5 cm³/mol. The summed E-state index contributed by atoms with van der Waals surface area (Å²) >= 11 is 0. The summed E-state index contributed by atoms with van der Waals surface area (Å²) in [5, 5.41) is 0. The zero-order valence-corrected chi connectivity index (χ0v) is 12.0. The van der Waals surface area contributed by atoms with Crippen molar-refractivity contribution < 1.29 is 9.47 Å². The minimum atomic E-state index is 0.374. The van der Waals surface area contributed by atoms with Gasteiger partial charge in [0.1, 0.15) is 0 Å². The Kier molecular flexibility index (Phi) is 5.01. The van der Waals surface area contributed by atoms with Crippen molar-refractivity contribution in [3.8, 4) is 0 Å². The third-order valence-corrected chi connectivity index (χ3v) is 4.32. The van der Waals surface area contributed by atoms with Gasteiger partial charge in [-0.3, -0.25) is 9.88 Å². The summed E-state index contributed by atoms with van der Waals surface area (Å²) in [4.78, 5) is 6.72. The lowest BCUT2D eigenvalue weighted by Gasteiger charge is -2.26. The summed E-state index contributed by atoms with van der Waals surface area (Å²) in [6.45, 7) is 4.78. The van der Waals surface area contributed by atoms with Gasteiger partial charge in [-0.15, -0.1) is 0 Å². The van der Waals surface area contributed by atoms with Crippen molar-refractivity contribution in [3.05, 3.63) is 30.1 Å². The molecule has 3 heterocycles. The second-order valence-corrected chi connectivity index (χ2v) is 5.77. The summed E-state index contributed by atoms with van der Waals surface area (Å²) in [7, 11) is 0. The van der Waals surface area contributed by atoms with E-state index in [-0.39, 0.29) is 0 Å². The summed E-state index contributed by atoms with van der Waals surface area (Å²) < 4.78 is 11.6. The fourth-order valence-corrected chi connectivity index (χ4v) is 3.17. The molecule has 1 aromatic heterocycles. The molecule has 4 heteroatoms. The molecule has 4 nitrogen and oxygen atoms in total. The highest BCUT2D eigenvalue weighted by Crippen LogP contribution is 2.22. The number of nitrogens with zero attached hydrogens (tertiary/aromatic N) is 2. The molecular weight excluding hydrogens is 252 g/mol. The van der Waals surface area contributed by atoms with Gasteiger partial charge < -0.3 is 9.47 Å². The molecule has 110 valence electrons. The largest absolute Gasteiger partial charge is 0.381 e. The highest BCUT2D eigenvalue weighted by atomic mass is 16.5. The first-order valence-corrected chi connectivity index (χ1v) is 7.74. The minimum absolute atomic E-state index is 0.374. The van der Waals surface area contributed by atoms with Gasteiger partial charge in [-0.1, -0.05) is 6.07 Å². The molecule has 2 aliphatic rings. The summed E-state index contributed by atoms with van der Waals surface area (Å²) in [5.74, 6) is 0. The molecule has 0 N–H and O–H groups in total. The van der Waals surface area contributed by atoms with Crippen LogP contribution in [0.15, 0.2) is 24.5 Å². The average molecular weight is 276 g/mol. The van der Waals surface area contributed by atoms with Crippen LogP contribution in [0.4, 0.5) is 0 Å². The van der Waals surface area contributed by atoms with Crippen LogP contribution in [0, 0.1) is 0 Å². The van der Waals surface area contributed by atoms with Crippen molar-refractivity contribution in [3.63, 3.8) is 0 Å². The summed E-state index contributed by atoms with van der Waals surface area (Å²) in [5.41, 5.74) is 1.16. The summed E-state index contributed by atoms with van der Waals surface area (Å²) in [6.07, 6.45) is 8.86. The van der Waals surface area contributed by atoms with Gasteiger partial charge in [0.05, 0.1) is 12.7 Å². The fourth-order valence-electron chi connectivity index (χ4n) is 3.17. The first kappa shape index (κ1) is 14.0. The normalized spacial score (nSPS) is 28.4. The molecule has 0 saturated carbocycles. The van der Waals surface area contributed by atoms with Crippen LogP contribution in [-0.4, -0.2) is 48.3 Å². The standard InChI is InChI=1S/C16H24N2O2/c1-3-14(11-17-7-1)13-20-16-5-8-18(12-16)15-4-2-9-19-10-6-15/h1,3,7,11,15-16H,2,4-6,8-10,12-13H2/t15?,16-/m1/s1. The van der Waals surface area contributed by atoms with Crippen LogP contribution in [0.1, 0.15) is 31.2 Å². The summed E-state index contributed by atoms with van der Waals surface area (Å²) in [6, 6.07) is 4.73. The molecule has 0 aliphatic carbocycles. The number of likely N-dealkylation sites (tertiary alicyclic amines) is 1. The Balaban J connectivity index is 1.44. The van der Waals surface area contributed by atoms with Crippen molar-refractivity contribution in [2.45, 2.75) is 44.4 Å². The number of hydrogen-bond donors (Lipinski definition) is 0. The van der Waals surface area contributed by atoms with E-state index >= 15 is 0 Å². The molecule has 0 bridgehead atoms. The molecule has 0 aromatic carbocycles. The Hall–Kier alpha value is -0.970. The third-order valence-electron chi connectivity index (χ3n) is 4.32. The Bertz CT molecular complexity index is 391. The second kappa shape index (κ2) is 7.16. The molecule has 2 saturated heterocycles. The lowest BCUT2D eigenvalue weighted by atomic mass is 10.1. The zero-order valence-electron chi connectivity index (χ0n) is 12.0. The van der Waals surface area contributed by atoms with Crippen molar-refractivity contribution in [1.82, 2.24) is 9.88 Å². The number of pyridine rings is 1. The van der Waals surface area contributed by atoms with Gasteiger partial charge >= 0.3 is 0 Å². The molecule has 2 aliphatic heterocycles. The number of rotatable bonds is 4. The van der Waals surface area contributed by atoms with E-state index in [2.05, 4.69) is 16.0 Å². The zero-order chi connectivity index (χ0) is 13.6. The molecule has 2 atom stereocenters. The molecule has 1 unspecified atom stereocenters. The van der Waals surface area contributed by atoms with Crippen LogP contribution in [0.25, 0.3) is 0 Å². The first-order chi connectivity index (χ1) is 9.92. The van der Waals surface area contributed by atoms with Gasteiger partial charge in [0.2, 0.25) is 0 Å². The lowest BCUT2D eigenvalue weighted by molar-refractivity contribution is 0.0417. The average Bonchev–Trinajstić information content (AvgIpc) is 2.80. The lowest BCUT2D eigenvalue weighted by Crippen LogP contribution is -2.34. The van der Waals surface area contributed by atoms with Crippen molar-refractivity contribution in [2.24, 2.45) is 0 Å². The number of ether oxygens (including phenoxy) is 2. The van der Waals surface area contributed by atoms with Gasteiger partial charge in [0, 0.05) is 44.7 Å². The van der Waals surface area contributed by atoms with E-state index in [1.54, 1.807) is 6.20 Å². The monoisotopic (exact) mass is 276 g/mol. The Morgan fingerprint density at radius 1 is 1.30 bits per heavy atom. The topological polar surface area (TPSA) is 34.6 Å². The maximum absolute atomic E-state index is 6.03. The van der Waals surface area contributed by atoms with E-state index in [4.69, 9.17) is 9.47 Å². The maximum atomic E-state index is 6.03. The van der Waals surface area contributed by atoms with Crippen LogP contribution in [0.2, 0.25) is 0 Å². The molecular formula is C16H24N2O2. The van der Waals surface area contributed by atoms with Crippen LogP contribution in [0.3, 0.4) is 0 Å². The van der Waals surface area contributed by atoms with Crippen LogP contribution in [-0.2, 0) is 16.1 Å². The van der Waals surface area contributed by atoms with E-state index in [9.17, 15) is 0 Å². The van der Waals surface area contributed by atoms with Crippen LogP contribution < -0.4 is 0 Å². The molecule has 0 radical (unpaired) electrons. The predicted octanol–water partition coefficient (Wildman–Crippen LogP) is 2.24. The first-order valence-electron chi connectivity index (χ1n) is 7.74. The molecule has 1 aromatic rings. The van der Waals surface area contributed by atoms with Crippen molar-refractivity contribution in [2.75, 3.05) is 26.3 Å². The number of hydrogen-bond acceptors (Lipinski definition) is 4. The van der Waals surface area contributed by atoms with Crippen LogP contribution >= 0.6 is 0 Å². The van der Waals surface area contributed by atoms with Gasteiger partial charge in [0.25, 0.3) is 0 Å². The Labute approximate surface area is 121 Å². The maximum Gasteiger partial charge on any atom is 0.0736 e. The van der Waals surface area contributed by atoms with Gasteiger partial charge in [-0.05, 0) is 37.3 Å². The van der Waals surface area contributed by atoms with Crippen LogP contribution in [0.5, 0.6) is 0 Å². The molecule has 0 amide bonds. The molecule has 20 heavy (non-hydrogen) atoms. The van der Waals surface area contributed by atoms with E-state index in [1.165, 1.54) is 25.8 Å². The van der Waals surface area contributed by atoms with Crippen molar-refractivity contribution in [1.29, 1.82) is 0 Å². The number of aromatic nitrogens is 1. The SMILES string of the molecule is c1cncc(CO[C@@H]2CCN(C3CCCOCC3)C2)c1. The molecule has 3 rings (SSSR count). The smallest absolute Gasteiger partial charge is 0.0736 e. The second-order valence-electron chi connectivity index (χ2n) is 5.77. The van der Waals surface area contributed by atoms with Crippen molar-refractivity contribution >= 4 is 0 Å². The highest BCUT2D eigenvalue weighted by molar-refractivity contribution is 5.06. The van der Waals surface area contributed by atoms with E-state index in [1.807, 2.05) is 12.3 Å². The Morgan fingerprint density at radius 3 is 3.20 bits per heavy atom. The van der Waals surface area contributed by atoms with Gasteiger partial charge in [-0.25, -0.2) is 0 Å². The van der Waals surface area contributed by atoms with Gasteiger partial charge in [0.15, 0.2) is 0 Å². The molecule has 0 spiro atoms. The highest BCUT2D eigenvalue weighted by Gasteiger charge is 2.29. The quantitative estimate of drug-likeness (QED) is 0.845.